The summed E-state index contributed by atoms with van der Waals surface area (Å²) < 4.78 is 27.8. The van der Waals surface area contributed by atoms with Gasteiger partial charge in [-0.05, 0) is 30.9 Å². The quantitative estimate of drug-likeness (QED) is 0.871. The highest BCUT2D eigenvalue weighted by Gasteiger charge is 2.28. The van der Waals surface area contributed by atoms with Gasteiger partial charge in [-0.2, -0.15) is 9.40 Å². The van der Waals surface area contributed by atoms with Crippen molar-refractivity contribution in [2.45, 2.75) is 24.7 Å². The van der Waals surface area contributed by atoms with Gasteiger partial charge in [0.1, 0.15) is 0 Å². The van der Waals surface area contributed by atoms with Crippen LogP contribution in [0.5, 0.6) is 0 Å². The van der Waals surface area contributed by atoms with Crippen molar-refractivity contribution in [1.29, 1.82) is 0 Å². The first-order valence-corrected chi connectivity index (χ1v) is 7.99. The van der Waals surface area contributed by atoms with Gasteiger partial charge in [-0.1, -0.05) is 6.92 Å². The zero-order valence-electron chi connectivity index (χ0n) is 11.1. The van der Waals surface area contributed by atoms with Crippen molar-refractivity contribution in [3.8, 4) is 0 Å². The standard InChI is InChI=1S/C12H16N4O3S/c1-9-4-6-15(7-5-9)20(18,19)10-2-3-11-13-14-12(17)16(11)8-10/h2-3,8-9H,4-7H2,1H3,(H,14,17). The third-order valence-electron chi connectivity index (χ3n) is 3.77. The summed E-state index contributed by atoms with van der Waals surface area (Å²) in [6.45, 7) is 3.19. The van der Waals surface area contributed by atoms with Gasteiger partial charge in [0.2, 0.25) is 10.0 Å². The molecule has 0 spiro atoms. The first-order chi connectivity index (χ1) is 9.48. The molecule has 0 bridgehead atoms. The summed E-state index contributed by atoms with van der Waals surface area (Å²) in [4.78, 5) is 11.6. The van der Waals surface area contributed by atoms with E-state index >= 15 is 0 Å². The summed E-state index contributed by atoms with van der Waals surface area (Å²) in [6, 6.07) is 3.01. The molecule has 0 atom stereocenters. The van der Waals surface area contributed by atoms with E-state index in [1.165, 1.54) is 27.0 Å². The number of rotatable bonds is 2. The Balaban J connectivity index is 2.00. The van der Waals surface area contributed by atoms with E-state index in [-0.39, 0.29) is 4.90 Å². The molecular formula is C12H16N4O3S. The van der Waals surface area contributed by atoms with Crippen LogP contribution in [0.1, 0.15) is 19.8 Å². The number of fused-ring (bicyclic) bond motifs is 1. The Morgan fingerprint density at radius 1 is 1.30 bits per heavy atom. The van der Waals surface area contributed by atoms with E-state index in [2.05, 4.69) is 17.1 Å². The fourth-order valence-electron chi connectivity index (χ4n) is 2.41. The van der Waals surface area contributed by atoms with E-state index in [0.717, 1.165) is 12.8 Å². The SMILES string of the molecule is CC1CCN(S(=O)(=O)c2ccc3n[nH]c(=O)n3c2)CC1. The minimum atomic E-state index is -3.54. The number of pyridine rings is 1. The Labute approximate surface area is 116 Å². The molecule has 2 aromatic rings. The van der Waals surface area contributed by atoms with E-state index < -0.39 is 15.7 Å². The lowest BCUT2D eigenvalue weighted by Gasteiger charge is -2.29. The number of H-pyrrole nitrogens is 1. The molecule has 0 amide bonds. The van der Waals surface area contributed by atoms with Crippen LogP contribution >= 0.6 is 0 Å². The topological polar surface area (TPSA) is 87.5 Å². The Morgan fingerprint density at radius 2 is 2.00 bits per heavy atom. The van der Waals surface area contributed by atoms with Crippen molar-refractivity contribution < 1.29 is 8.42 Å². The molecular weight excluding hydrogens is 280 g/mol. The second-order valence-corrected chi connectivity index (χ2v) is 7.15. The summed E-state index contributed by atoms with van der Waals surface area (Å²) in [5.74, 6) is 0.556. The molecule has 8 heteroatoms. The maximum Gasteiger partial charge on any atom is 0.347 e. The van der Waals surface area contributed by atoms with Gasteiger partial charge >= 0.3 is 5.69 Å². The number of nitrogens with one attached hydrogen (secondary N) is 1. The fraction of sp³-hybridized carbons (Fsp3) is 0.500. The highest BCUT2D eigenvalue weighted by molar-refractivity contribution is 7.89. The number of piperidine rings is 1. The summed E-state index contributed by atoms with van der Waals surface area (Å²) in [6.07, 6.45) is 3.06. The lowest BCUT2D eigenvalue weighted by Crippen LogP contribution is -2.38. The minimum absolute atomic E-state index is 0.128. The first kappa shape index (κ1) is 13.3. The van der Waals surface area contributed by atoms with Gasteiger partial charge in [-0.3, -0.25) is 0 Å². The van der Waals surface area contributed by atoms with Gasteiger partial charge in [0.15, 0.2) is 5.65 Å². The fourth-order valence-corrected chi connectivity index (χ4v) is 3.88. The highest BCUT2D eigenvalue weighted by Crippen LogP contribution is 2.23. The van der Waals surface area contributed by atoms with Crippen molar-refractivity contribution in [2.75, 3.05) is 13.1 Å². The van der Waals surface area contributed by atoms with E-state index in [1.54, 1.807) is 0 Å². The van der Waals surface area contributed by atoms with E-state index in [9.17, 15) is 13.2 Å². The third-order valence-corrected chi connectivity index (χ3v) is 5.65. The van der Waals surface area contributed by atoms with E-state index in [1.807, 2.05) is 0 Å². The second-order valence-electron chi connectivity index (χ2n) is 5.21. The third kappa shape index (κ3) is 2.14. The van der Waals surface area contributed by atoms with Gasteiger partial charge in [-0.15, -0.1) is 0 Å². The monoisotopic (exact) mass is 296 g/mol. The summed E-state index contributed by atoms with van der Waals surface area (Å²) in [7, 11) is -3.54. The lowest BCUT2D eigenvalue weighted by atomic mass is 10.0. The number of sulfonamides is 1. The van der Waals surface area contributed by atoms with Crippen LogP contribution in [0.2, 0.25) is 0 Å². The van der Waals surface area contributed by atoms with Crippen molar-refractivity contribution in [1.82, 2.24) is 18.9 Å². The molecule has 0 aliphatic carbocycles. The van der Waals surface area contributed by atoms with Gasteiger partial charge in [0.25, 0.3) is 0 Å². The van der Waals surface area contributed by atoms with Gasteiger partial charge in [-0.25, -0.2) is 22.7 Å². The summed E-state index contributed by atoms with van der Waals surface area (Å²) >= 11 is 0. The van der Waals surface area contributed by atoms with Crippen molar-refractivity contribution in [2.24, 2.45) is 5.92 Å². The van der Waals surface area contributed by atoms with Gasteiger partial charge in [0, 0.05) is 19.3 Å². The van der Waals surface area contributed by atoms with Gasteiger partial charge < -0.3 is 0 Å². The van der Waals surface area contributed by atoms with Crippen LogP contribution in [-0.4, -0.2) is 40.4 Å². The summed E-state index contributed by atoms with van der Waals surface area (Å²) in [5, 5.41) is 6.07. The van der Waals surface area contributed by atoms with Crippen LogP contribution in [-0.2, 0) is 10.0 Å². The summed E-state index contributed by atoms with van der Waals surface area (Å²) in [5.41, 5.74) is -0.0365. The smallest absolute Gasteiger partial charge is 0.249 e. The Hall–Kier alpha value is -1.67. The first-order valence-electron chi connectivity index (χ1n) is 6.55. The molecule has 1 aliphatic rings. The average molecular weight is 296 g/mol. The number of aromatic amines is 1. The molecule has 2 aromatic heterocycles. The zero-order chi connectivity index (χ0) is 14.3. The highest BCUT2D eigenvalue weighted by atomic mass is 32.2. The molecule has 0 radical (unpaired) electrons. The molecule has 3 rings (SSSR count). The van der Waals surface area contributed by atoms with Crippen molar-refractivity contribution >= 4 is 15.7 Å². The maximum absolute atomic E-state index is 12.6. The molecule has 3 heterocycles. The molecule has 0 saturated carbocycles. The second kappa shape index (κ2) is 4.71. The zero-order valence-corrected chi connectivity index (χ0v) is 11.9. The molecule has 1 saturated heterocycles. The molecule has 0 unspecified atom stereocenters. The Bertz CT molecular complexity index is 784. The van der Waals surface area contributed by atoms with Crippen LogP contribution < -0.4 is 5.69 Å². The molecule has 108 valence electrons. The van der Waals surface area contributed by atoms with Crippen LogP contribution in [0.15, 0.2) is 28.0 Å². The molecule has 7 nitrogen and oxygen atoms in total. The minimum Gasteiger partial charge on any atom is -0.249 e. The van der Waals surface area contributed by atoms with E-state index in [4.69, 9.17) is 0 Å². The predicted octanol–water partition coefficient (Wildman–Crippen LogP) is 0.443. The average Bonchev–Trinajstić information content (AvgIpc) is 2.80. The lowest BCUT2D eigenvalue weighted by molar-refractivity contribution is 0.288. The van der Waals surface area contributed by atoms with Crippen LogP contribution in [0.4, 0.5) is 0 Å². The Morgan fingerprint density at radius 3 is 2.70 bits per heavy atom. The number of nitrogens with zero attached hydrogens (tertiary/aromatic N) is 3. The van der Waals surface area contributed by atoms with Gasteiger partial charge in [0.05, 0.1) is 4.90 Å². The van der Waals surface area contributed by atoms with Crippen LogP contribution in [0.25, 0.3) is 5.65 Å². The number of hydrogen-bond donors (Lipinski definition) is 1. The van der Waals surface area contributed by atoms with Crippen molar-refractivity contribution in [3.63, 3.8) is 0 Å². The molecule has 20 heavy (non-hydrogen) atoms. The molecule has 1 fully saturated rings. The van der Waals surface area contributed by atoms with Crippen molar-refractivity contribution in [3.05, 3.63) is 28.8 Å². The molecule has 1 aliphatic heterocycles. The number of hydrogen-bond acceptors (Lipinski definition) is 4. The van der Waals surface area contributed by atoms with Crippen LogP contribution in [0.3, 0.4) is 0 Å². The predicted molar refractivity (Wildman–Crippen MR) is 73.0 cm³/mol. The maximum atomic E-state index is 12.6. The molecule has 0 aromatic carbocycles. The largest absolute Gasteiger partial charge is 0.347 e. The normalized spacial score (nSPS) is 18.6. The van der Waals surface area contributed by atoms with Crippen LogP contribution in [0, 0.1) is 5.92 Å². The Kier molecular flexibility index (Phi) is 3.14. The molecule has 1 N–H and O–H groups in total. The van der Waals surface area contributed by atoms with E-state index in [0.29, 0.717) is 24.7 Å². The number of aromatic nitrogens is 3.